The Hall–Kier alpha value is -0.490. The van der Waals surface area contributed by atoms with Gasteiger partial charge in [0.1, 0.15) is 9.10 Å². The molecule has 11 heteroatoms. The summed E-state index contributed by atoms with van der Waals surface area (Å²) in [5, 5.41) is 1.85. The van der Waals surface area contributed by atoms with Gasteiger partial charge in [0.25, 0.3) is 0 Å². The number of benzene rings is 1. The zero-order chi connectivity index (χ0) is 18.9. The van der Waals surface area contributed by atoms with Crippen molar-refractivity contribution in [2.24, 2.45) is 0 Å². The van der Waals surface area contributed by atoms with Crippen molar-refractivity contribution in [1.82, 2.24) is 9.03 Å². The minimum Gasteiger partial charge on any atom is -0.207 e. The first kappa shape index (κ1) is 20.2. The summed E-state index contributed by atoms with van der Waals surface area (Å²) in [5.41, 5.74) is 0. The molecule has 1 fully saturated rings. The lowest BCUT2D eigenvalue weighted by molar-refractivity contribution is 0.308. The fourth-order valence-electron chi connectivity index (χ4n) is 2.73. The van der Waals surface area contributed by atoms with E-state index < -0.39 is 20.0 Å². The van der Waals surface area contributed by atoms with Gasteiger partial charge < -0.3 is 0 Å². The van der Waals surface area contributed by atoms with Crippen molar-refractivity contribution in [3.05, 3.63) is 45.2 Å². The zero-order valence-corrected chi connectivity index (χ0v) is 18.2. The summed E-state index contributed by atoms with van der Waals surface area (Å²) < 4.78 is 55.1. The van der Waals surface area contributed by atoms with Crippen molar-refractivity contribution in [1.29, 1.82) is 0 Å². The smallest absolute Gasteiger partial charge is 0.207 e. The molecule has 6 nitrogen and oxygen atoms in total. The predicted molar refractivity (Wildman–Crippen MR) is 106 cm³/mol. The molecular weight excluding hydrogens is 484 g/mol. The second-order valence-electron chi connectivity index (χ2n) is 5.81. The molecule has 1 aromatic heterocycles. The van der Waals surface area contributed by atoms with Crippen LogP contribution in [0.5, 0.6) is 0 Å². The van der Waals surface area contributed by atoms with Crippen molar-refractivity contribution in [3.63, 3.8) is 0 Å². The molecule has 1 aliphatic heterocycles. The summed E-state index contributed by atoms with van der Waals surface area (Å²) >= 11 is 10.5. The van der Waals surface area contributed by atoms with Crippen LogP contribution < -0.4 is 4.72 Å². The van der Waals surface area contributed by atoms with Crippen LogP contribution in [0.25, 0.3) is 0 Å². The standard InChI is InChI=1S/C15H16BrClN2O4S3/c16-11-3-4-14(13(17)10-11)26(22,23)19-7-5-12(6-8-19)18-25(20,21)15-2-1-9-24-15/h1-4,9-10,12,18H,5-8H2. The highest BCUT2D eigenvalue weighted by molar-refractivity contribution is 9.10. The summed E-state index contributed by atoms with van der Waals surface area (Å²) in [4.78, 5) is 0.0555. The molecule has 2 aromatic rings. The van der Waals surface area contributed by atoms with Crippen LogP contribution in [0.4, 0.5) is 0 Å². The number of sulfonamides is 2. The van der Waals surface area contributed by atoms with E-state index in [1.54, 1.807) is 23.6 Å². The van der Waals surface area contributed by atoms with Gasteiger partial charge in [-0.3, -0.25) is 0 Å². The molecule has 2 heterocycles. The molecule has 142 valence electrons. The Morgan fingerprint density at radius 2 is 1.85 bits per heavy atom. The van der Waals surface area contributed by atoms with Gasteiger partial charge in [-0.25, -0.2) is 21.6 Å². The monoisotopic (exact) mass is 498 g/mol. The highest BCUT2D eigenvalue weighted by Crippen LogP contribution is 2.29. The summed E-state index contributed by atoms with van der Waals surface area (Å²) in [5.74, 6) is 0. The van der Waals surface area contributed by atoms with Crippen LogP contribution in [-0.4, -0.2) is 40.3 Å². The number of nitrogens with zero attached hydrogens (tertiary/aromatic N) is 1. The number of thiophene rings is 1. The van der Waals surface area contributed by atoms with Gasteiger partial charge in [0.05, 0.1) is 5.02 Å². The predicted octanol–water partition coefficient (Wildman–Crippen LogP) is 3.30. The molecule has 0 amide bonds. The van der Waals surface area contributed by atoms with E-state index in [9.17, 15) is 16.8 Å². The average Bonchev–Trinajstić information content (AvgIpc) is 3.10. The van der Waals surface area contributed by atoms with Crippen LogP contribution >= 0.6 is 38.9 Å². The maximum Gasteiger partial charge on any atom is 0.250 e. The summed E-state index contributed by atoms with van der Waals surface area (Å²) in [6, 6.07) is 7.55. The fourth-order valence-corrected chi connectivity index (χ4v) is 7.53. The molecule has 1 saturated heterocycles. The van der Waals surface area contributed by atoms with E-state index in [0.717, 1.165) is 11.3 Å². The van der Waals surface area contributed by atoms with Gasteiger partial charge in [0.2, 0.25) is 20.0 Å². The van der Waals surface area contributed by atoms with E-state index in [0.29, 0.717) is 17.3 Å². The maximum absolute atomic E-state index is 12.8. The summed E-state index contributed by atoms with van der Waals surface area (Å²) in [7, 11) is -7.27. The number of hydrogen-bond acceptors (Lipinski definition) is 5. The molecule has 0 bridgehead atoms. The van der Waals surface area contributed by atoms with Crippen LogP contribution in [0.1, 0.15) is 12.8 Å². The second kappa shape index (κ2) is 7.86. The van der Waals surface area contributed by atoms with Gasteiger partial charge in [0, 0.05) is 23.6 Å². The van der Waals surface area contributed by atoms with Gasteiger partial charge in [0.15, 0.2) is 0 Å². The van der Waals surface area contributed by atoms with Crippen molar-refractivity contribution in [2.45, 2.75) is 28.0 Å². The van der Waals surface area contributed by atoms with E-state index in [4.69, 9.17) is 11.6 Å². The SMILES string of the molecule is O=S(=O)(NC1CCN(S(=O)(=O)c2ccc(Br)cc2Cl)CC1)c1cccs1. The van der Waals surface area contributed by atoms with Crippen LogP contribution in [0.15, 0.2) is 49.3 Å². The Kier molecular flexibility index (Phi) is 6.12. The Bertz CT molecular complexity index is 986. The van der Waals surface area contributed by atoms with Crippen molar-refractivity contribution < 1.29 is 16.8 Å². The van der Waals surface area contributed by atoms with Crippen molar-refractivity contribution >= 4 is 58.9 Å². The number of halogens is 2. The Balaban J connectivity index is 1.68. The van der Waals surface area contributed by atoms with Gasteiger partial charge in [-0.2, -0.15) is 4.31 Å². The quantitative estimate of drug-likeness (QED) is 0.684. The van der Waals surface area contributed by atoms with Crippen LogP contribution in [0.3, 0.4) is 0 Å². The molecule has 3 rings (SSSR count). The first-order chi connectivity index (χ1) is 12.2. The highest BCUT2D eigenvalue weighted by atomic mass is 79.9. The molecule has 0 radical (unpaired) electrons. The average molecular weight is 500 g/mol. The molecule has 0 atom stereocenters. The molecule has 1 aliphatic rings. The third-order valence-corrected chi connectivity index (χ3v) is 9.84. The Labute approximate surface area is 170 Å². The lowest BCUT2D eigenvalue weighted by Crippen LogP contribution is -2.46. The van der Waals surface area contributed by atoms with Gasteiger partial charge >= 0.3 is 0 Å². The lowest BCUT2D eigenvalue weighted by Gasteiger charge is -2.31. The fraction of sp³-hybridized carbons (Fsp3) is 0.333. The van der Waals surface area contributed by atoms with Gasteiger partial charge in [-0.05, 0) is 42.5 Å². The van der Waals surface area contributed by atoms with E-state index in [1.165, 1.54) is 16.4 Å². The summed E-state index contributed by atoms with van der Waals surface area (Å²) in [6.07, 6.45) is 0.802. The molecule has 0 spiro atoms. The van der Waals surface area contributed by atoms with Gasteiger partial charge in [-0.1, -0.05) is 33.6 Å². The normalized spacial score (nSPS) is 17.5. The molecule has 26 heavy (non-hydrogen) atoms. The van der Waals surface area contributed by atoms with Crippen LogP contribution in [0, 0.1) is 0 Å². The second-order valence-corrected chi connectivity index (χ2v) is 11.9. The lowest BCUT2D eigenvalue weighted by atomic mass is 10.1. The number of nitrogens with one attached hydrogen (secondary N) is 1. The highest BCUT2D eigenvalue weighted by Gasteiger charge is 2.32. The molecule has 0 saturated carbocycles. The molecule has 1 N–H and O–H groups in total. The first-order valence-corrected chi connectivity index (χ1v) is 12.7. The van der Waals surface area contributed by atoms with E-state index in [2.05, 4.69) is 20.7 Å². The van der Waals surface area contributed by atoms with E-state index in [1.807, 2.05) is 0 Å². The van der Waals surface area contributed by atoms with E-state index in [-0.39, 0.29) is 33.3 Å². The number of rotatable bonds is 5. The van der Waals surface area contributed by atoms with Crippen molar-refractivity contribution in [3.8, 4) is 0 Å². The van der Waals surface area contributed by atoms with Crippen molar-refractivity contribution in [2.75, 3.05) is 13.1 Å². The minimum atomic E-state index is -3.71. The van der Waals surface area contributed by atoms with Gasteiger partial charge in [-0.15, -0.1) is 11.3 Å². The topological polar surface area (TPSA) is 83.6 Å². The molecule has 0 unspecified atom stereocenters. The maximum atomic E-state index is 12.8. The third-order valence-electron chi connectivity index (χ3n) is 4.05. The Morgan fingerprint density at radius 3 is 2.42 bits per heavy atom. The third kappa shape index (κ3) is 4.32. The van der Waals surface area contributed by atoms with E-state index >= 15 is 0 Å². The molecular formula is C15H16BrClN2O4S3. The molecule has 0 aliphatic carbocycles. The van der Waals surface area contributed by atoms with Crippen LogP contribution in [0.2, 0.25) is 5.02 Å². The number of hydrogen-bond donors (Lipinski definition) is 1. The zero-order valence-electron chi connectivity index (χ0n) is 13.4. The molecule has 1 aromatic carbocycles. The first-order valence-electron chi connectivity index (χ1n) is 7.71. The largest absolute Gasteiger partial charge is 0.250 e. The number of piperidine rings is 1. The Morgan fingerprint density at radius 1 is 1.15 bits per heavy atom. The summed E-state index contributed by atoms with van der Waals surface area (Å²) in [6.45, 7) is 0.457. The minimum absolute atomic E-state index is 0.0555. The van der Waals surface area contributed by atoms with Crippen LogP contribution in [-0.2, 0) is 20.0 Å².